The number of aromatic nitrogens is 2. The van der Waals surface area contributed by atoms with Crippen molar-refractivity contribution in [2.75, 3.05) is 6.54 Å². The summed E-state index contributed by atoms with van der Waals surface area (Å²) in [5, 5.41) is 2.46. The van der Waals surface area contributed by atoms with Gasteiger partial charge in [0.25, 0.3) is 14.1 Å². The first-order valence-corrected chi connectivity index (χ1v) is 6.67. The molecule has 7 nitrogen and oxygen atoms in total. The number of rotatable bonds is 5. The SMILES string of the molecule is NC(=O)c1nc2c(CCN[PH](=O)O)cccc2[nH]1. The number of nitrogens with zero attached hydrogens (tertiary/aromatic N) is 1. The maximum Gasteiger partial charge on any atom is 0.284 e. The summed E-state index contributed by atoms with van der Waals surface area (Å²) in [7, 11) is -2.67. The van der Waals surface area contributed by atoms with Crippen LogP contribution in [0.2, 0.25) is 0 Å². The second-order valence-electron chi connectivity index (χ2n) is 3.74. The van der Waals surface area contributed by atoms with E-state index in [1.54, 1.807) is 6.07 Å². The van der Waals surface area contributed by atoms with E-state index < -0.39 is 14.1 Å². The Labute approximate surface area is 103 Å². The molecule has 2 rings (SSSR count). The van der Waals surface area contributed by atoms with Crippen LogP contribution in [0, 0.1) is 0 Å². The lowest BCUT2D eigenvalue weighted by atomic mass is 10.1. The summed E-state index contributed by atoms with van der Waals surface area (Å²) >= 11 is 0. The standard InChI is InChI=1S/C10H13N4O3P/c11-9(15)10-13-7-3-1-2-6(8(7)14-10)4-5-12-18(16)17/h1-3,18H,4-5H2,(H2,11,15)(H,13,14)(H2,12,16,17). The number of nitrogens with two attached hydrogens (primary N) is 1. The molecule has 0 saturated carbocycles. The van der Waals surface area contributed by atoms with Crippen LogP contribution in [0.1, 0.15) is 16.2 Å². The molecule has 1 aromatic heterocycles. The topological polar surface area (TPSA) is 121 Å². The first-order chi connectivity index (χ1) is 8.58. The van der Waals surface area contributed by atoms with E-state index in [2.05, 4.69) is 15.1 Å². The number of carbonyl (C=O) groups is 1. The van der Waals surface area contributed by atoms with Gasteiger partial charge in [-0.05, 0) is 18.1 Å². The number of fused-ring (bicyclic) bond motifs is 1. The molecule has 5 N–H and O–H groups in total. The number of primary amides is 1. The highest BCUT2D eigenvalue weighted by Gasteiger charge is 2.10. The van der Waals surface area contributed by atoms with Crippen LogP contribution in [0.5, 0.6) is 0 Å². The van der Waals surface area contributed by atoms with E-state index in [1.807, 2.05) is 12.1 Å². The third-order valence-corrected chi connectivity index (χ3v) is 3.05. The van der Waals surface area contributed by atoms with Crippen LogP contribution >= 0.6 is 8.18 Å². The molecule has 0 aliphatic carbocycles. The molecule has 1 atom stereocenters. The lowest BCUT2D eigenvalue weighted by Gasteiger charge is -2.02. The second-order valence-corrected chi connectivity index (χ2v) is 4.71. The molecule has 18 heavy (non-hydrogen) atoms. The Morgan fingerprint density at radius 3 is 3.00 bits per heavy atom. The van der Waals surface area contributed by atoms with Crippen LogP contribution in [0.4, 0.5) is 0 Å². The van der Waals surface area contributed by atoms with Gasteiger partial charge in [-0.1, -0.05) is 12.1 Å². The van der Waals surface area contributed by atoms with Crippen LogP contribution in [-0.4, -0.2) is 27.3 Å². The van der Waals surface area contributed by atoms with Crippen molar-refractivity contribution >= 4 is 25.1 Å². The fourth-order valence-electron chi connectivity index (χ4n) is 1.71. The van der Waals surface area contributed by atoms with Crippen molar-refractivity contribution in [3.05, 3.63) is 29.6 Å². The van der Waals surface area contributed by atoms with E-state index in [1.165, 1.54) is 0 Å². The molecule has 1 heterocycles. The van der Waals surface area contributed by atoms with E-state index in [9.17, 15) is 9.36 Å². The highest BCUT2D eigenvalue weighted by Crippen LogP contribution is 2.17. The van der Waals surface area contributed by atoms with Crippen LogP contribution < -0.4 is 10.8 Å². The zero-order valence-electron chi connectivity index (χ0n) is 9.43. The Kier molecular flexibility index (Phi) is 3.76. The number of nitrogens with one attached hydrogen (secondary N) is 2. The van der Waals surface area contributed by atoms with Gasteiger partial charge in [-0.15, -0.1) is 0 Å². The normalized spacial score (nSPS) is 12.7. The van der Waals surface area contributed by atoms with Crippen molar-refractivity contribution in [3.8, 4) is 0 Å². The van der Waals surface area contributed by atoms with Gasteiger partial charge in [-0.2, -0.15) is 0 Å². The maximum absolute atomic E-state index is 11.0. The van der Waals surface area contributed by atoms with Gasteiger partial charge >= 0.3 is 0 Å². The van der Waals surface area contributed by atoms with E-state index in [-0.39, 0.29) is 5.82 Å². The van der Waals surface area contributed by atoms with Gasteiger partial charge in [0.05, 0.1) is 11.0 Å². The minimum Gasteiger partial charge on any atom is -0.363 e. The number of benzene rings is 1. The van der Waals surface area contributed by atoms with Gasteiger partial charge in [-0.25, -0.2) is 10.1 Å². The summed E-state index contributed by atoms with van der Waals surface area (Å²) in [5.74, 6) is -0.503. The molecule has 8 heteroatoms. The van der Waals surface area contributed by atoms with Gasteiger partial charge < -0.3 is 15.6 Å². The quantitative estimate of drug-likeness (QED) is 0.576. The van der Waals surface area contributed by atoms with E-state index in [0.29, 0.717) is 18.5 Å². The van der Waals surface area contributed by atoms with Crippen molar-refractivity contribution in [2.45, 2.75) is 6.42 Å². The molecule has 96 valence electrons. The molecule has 0 aliphatic heterocycles. The van der Waals surface area contributed by atoms with Crippen molar-refractivity contribution in [1.29, 1.82) is 0 Å². The number of hydrogen-bond donors (Lipinski definition) is 4. The average Bonchev–Trinajstić information content (AvgIpc) is 2.73. The van der Waals surface area contributed by atoms with Gasteiger partial charge in [0.15, 0.2) is 5.82 Å². The highest BCUT2D eigenvalue weighted by molar-refractivity contribution is 7.35. The summed E-state index contributed by atoms with van der Waals surface area (Å²) in [4.78, 5) is 26.6. The lowest BCUT2D eigenvalue weighted by Crippen LogP contribution is -2.12. The zero-order valence-corrected chi connectivity index (χ0v) is 10.4. The number of carbonyl (C=O) groups excluding carboxylic acids is 1. The van der Waals surface area contributed by atoms with Crippen molar-refractivity contribution in [3.63, 3.8) is 0 Å². The molecule has 1 amide bonds. The van der Waals surface area contributed by atoms with E-state index in [4.69, 9.17) is 10.6 Å². The van der Waals surface area contributed by atoms with Crippen molar-refractivity contribution in [1.82, 2.24) is 15.1 Å². The summed E-state index contributed by atoms with van der Waals surface area (Å²) < 4.78 is 10.5. The fraction of sp³-hybridized carbons (Fsp3) is 0.200. The third kappa shape index (κ3) is 2.76. The van der Waals surface area contributed by atoms with E-state index in [0.717, 1.165) is 11.1 Å². The molecule has 1 unspecified atom stereocenters. The third-order valence-electron chi connectivity index (χ3n) is 2.50. The Balaban J connectivity index is 2.27. The summed E-state index contributed by atoms with van der Waals surface area (Å²) in [5.41, 5.74) is 7.41. The Hall–Kier alpha value is -1.69. The molecule has 0 saturated heterocycles. The number of imidazole rings is 1. The highest BCUT2D eigenvalue weighted by atomic mass is 31.1. The van der Waals surface area contributed by atoms with Crippen LogP contribution in [0.25, 0.3) is 11.0 Å². The molecule has 0 fully saturated rings. The average molecular weight is 268 g/mol. The summed E-state index contributed by atoms with van der Waals surface area (Å²) in [6.07, 6.45) is 0.539. The number of para-hydroxylation sites is 1. The lowest BCUT2D eigenvalue weighted by molar-refractivity contribution is 0.0991. The number of hydrogen-bond acceptors (Lipinski definition) is 3. The van der Waals surface area contributed by atoms with E-state index >= 15 is 0 Å². The largest absolute Gasteiger partial charge is 0.363 e. The van der Waals surface area contributed by atoms with Crippen LogP contribution in [-0.2, 0) is 11.0 Å². The van der Waals surface area contributed by atoms with Gasteiger partial charge in [0.1, 0.15) is 0 Å². The number of aromatic amines is 1. The van der Waals surface area contributed by atoms with Crippen LogP contribution in [0.15, 0.2) is 18.2 Å². The zero-order chi connectivity index (χ0) is 13.1. The predicted octanol–water partition coefficient (Wildman–Crippen LogP) is 0.176. The first kappa shape index (κ1) is 12.8. The van der Waals surface area contributed by atoms with Crippen LogP contribution in [0.3, 0.4) is 0 Å². The molecule has 0 spiro atoms. The molecule has 2 aromatic rings. The smallest absolute Gasteiger partial charge is 0.284 e. The Morgan fingerprint density at radius 2 is 2.33 bits per heavy atom. The first-order valence-electron chi connectivity index (χ1n) is 5.32. The molecule has 0 radical (unpaired) electrons. The second kappa shape index (κ2) is 5.30. The number of amides is 1. The fourth-order valence-corrected chi connectivity index (χ4v) is 2.05. The predicted molar refractivity (Wildman–Crippen MR) is 67.5 cm³/mol. The van der Waals surface area contributed by atoms with Gasteiger partial charge in [0, 0.05) is 6.54 Å². The number of H-pyrrole nitrogens is 1. The van der Waals surface area contributed by atoms with Gasteiger partial charge in [-0.3, -0.25) is 9.36 Å². The minimum atomic E-state index is -2.67. The Morgan fingerprint density at radius 1 is 1.56 bits per heavy atom. The van der Waals surface area contributed by atoms with Crippen molar-refractivity contribution in [2.24, 2.45) is 5.73 Å². The van der Waals surface area contributed by atoms with Crippen molar-refractivity contribution < 1.29 is 14.3 Å². The molecular formula is C10H13N4O3P. The monoisotopic (exact) mass is 268 g/mol. The molecule has 0 bridgehead atoms. The Bertz CT molecular complexity index is 610. The summed E-state index contributed by atoms with van der Waals surface area (Å²) in [6.45, 7) is 0.367. The molecular weight excluding hydrogens is 255 g/mol. The maximum atomic E-state index is 11.0. The molecule has 1 aromatic carbocycles. The molecule has 0 aliphatic rings. The minimum absolute atomic E-state index is 0.112. The summed E-state index contributed by atoms with van der Waals surface area (Å²) in [6, 6.07) is 5.47. The van der Waals surface area contributed by atoms with Gasteiger partial charge in [0.2, 0.25) is 0 Å².